The molecule has 1 aromatic rings. The third-order valence-corrected chi connectivity index (χ3v) is 2.45. The number of para-hydroxylation sites is 1. The molecule has 0 spiro atoms. The topological polar surface area (TPSA) is 66.8 Å². The van der Waals surface area contributed by atoms with E-state index in [0.29, 0.717) is 24.2 Å². The second-order valence-electron chi connectivity index (χ2n) is 3.80. The van der Waals surface area contributed by atoms with Gasteiger partial charge in [0.2, 0.25) is 0 Å². The molecule has 0 saturated carbocycles. The van der Waals surface area contributed by atoms with Crippen molar-refractivity contribution in [3.05, 3.63) is 29.3 Å². The predicted molar refractivity (Wildman–Crippen MR) is 59.3 cm³/mol. The van der Waals surface area contributed by atoms with Gasteiger partial charge in [0.15, 0.2) is 0 Å². The highest BCUT2D eigenvalue weighted by Gasteiger charge is 2.15. The molecule has 0 aromatic heterocycles. The van der Waals surface area contributed by atoms with Gasteiger partial charge in [-0.2, -0.15) is 0 Å². The Morgan fingerprint density at radius 3 is 2.62 bits per heavy atom. The molecule has 0 heterocycles. The number of carboxylic acids is 1. The normalized spacial score (nSPS) is 12.4. The fourth-order valence-corrected chi connectivity index (χ4v) is 1.50. The number of aliphatic carboxylic acids is 1. The standard InChI is InChI=1S/C12H16O4/c1-8(12(14)15)6-9-4-3-5-10(7-16-2)11(9)13/h3-5,8,13H,6-7H2,1-2H3,(H,14,15). The maximum absolute atomic E-state index is 10.7. The third kappa shape index (κ3) is 2.97. The van der Waals surface area contributed by atoms with Crippen LogP contribution in [0.3, 0.4) is 0 Å². The number of aromatic hydroxyl groups is 1. The van der Waals surface area contributed by atoms with E-state index >= 15 is 0 Å². The number of ether oxygens (including phenoxy) is 1. The fourth-order valence-electron chi connectivity index (χ4n) is 1.50. The molecular weight excluding hydrogens is 208 g/mol. The Hall–Kier alpha value is -1.55. The summed E-state index contributed by atoms with van der Waals surface area (Å²) in [5.74, 6) is -1.24. The molecule has 16 heavy (non-hydrogen) atoms. The maximum Gasteiger partial charge on any atom is 0.306 e. The Kier molecular flexibility index (Phi) is 4.31. The van der Waals surface area contributed by atoms with Crippen LogP contribution in [0.1, 0.15) is 18.1 Å². The molecule has 88 valence electrons. The summed E-state index contributed by atoms with van der Waals surface area (Å²) in [5.41, 5.74) is 1.32. The number of methoxy groups -OCH3 is 1. The minimum Gasteiger partial charge on any atom is -0.507 e. The maximum atomic E-state index is 10.7. The summed E-state index contributed by atoms with van der Waals surface area (Å²) in [6.07, 6.45) is 0.318. The molecule has 0 bridgehead atoms. The molecule has 1 rings (SSSR count). The Morgan fingerprint density at radius 2 is 2.06 bits per heavy atom. The first-order chi connectivity index (χ1) is 7.56. The van der Waals surface area contributed by atoms with Gasteiger partial charge in [-0.25, -0.2) is 0 Å². The zero-order valence-electron chi connectivity index (χ0n) is 9.43. The first-order valence-electron chi connectivity index (χ1n) is 5.07. The van der Waals surface area contributed by atoms with E-state index in [9.17, 15) is 9.90 Å². The van der Waals surface area contributed by atoms with Crippen LogP contribution in [0.25, 0.3) is 0 Å². The first-order valence-corrected chi connectivity index (χ1v) is 5.07. The average molecular weight is 224 g/mol. The monoisotopic (exact) mass is 224 g/mol. The van der Waals surface area contributed by atoms with Crippen LogP contribution in [0.2, 0.25) is 0 Å². The highest BCUT2D eigenvalue weighted by atomic mass is 16.5. The molecular formula is C12H16O4. The van der Waals surface area contributed by atoms with Crippen LogP contribution < -0.4 is 0 Å². The Labute approximate surface area is 94.5 Å². The van der Waals surface area contributed by atoms with E-state index in [0.717, 1.165) is 0 Å². The van der Waals surface area contributed by atoms with Crippen molar-refractivity contribution in [2.45, 2.75) is 20.0 Å². The lowest BCUT2D eigenvalue weighted by Gasteiger charge is -2.11. The molecule has 4 nitrogen and oxygen atoms in total. The first kappa shape index (κ1) is 12.5. The van der Waals surface area contributed by atoms with Gasteiger partial charge in [0.1, 0.15) is 5.75 Å². The van der Waals surface area contributed by atoms with Crippen LogP contribution in [0.4, 0.5) is 0 Å². The molecule has 4 heteroatoms. The van der Waals surface area contributed by atoms with Gasteiger partial charge < -0.3 is 14.9 Å². The van der Waals surface area contributed by atoms with Gasteiger partial charge in [0.05, 0.1) is 12.5 Å². The molecule has 0 aliphatic carbocycles. The number of phenolic OH excluding ortho intramolecular Hbond substituents is 1. The zero-order valence-corrected chi connectivity index (χ0v) is 9.43. The largest absolute Gasteiger partial charge is 0.507 e. The summed E-state index contributed by atoms with van der Waals surface area (Å²) in [6, 6.07) is 5.28. The highest BCUT2D eigenvalue weighted by Crippen LogP contribution is 2.25. The quantitative estimate of drug-likeness (QED) is 0.800. The molecule has 0 amide bonds. The molecule has 0 aliphatic heterocycles. The molecule has 1 unspecified atom stereocenters. The van der Waals surface area contributed by atoms with Crippen molar-refractivity contribution in [1.29, 1.82) is 0 Å². The van der Waals surface area contributed by atoms with E-state index in [1.165, 1.54) is 0 Å². The van der Waals surface area contributed by atoms with E-state index in [1.54, 1.807) is 32.2 Å². The fraction of sp³-hybridized carbons (Fsp3) is 0.417. The number of rotatable bonds is 5. The Bertz CT molecular complexity index is 373. The van der Waals surface area contributed by atoms with E-state index < -0.39 is 11.9 Å². The molecule has 0 radical (unpaired) electrons. The zero-order chi connectivity index (χ0) is 12.1. The van der Waals surface area contributed by atoms with Gasteiger partial charge in [-0.3, -0.25) is 4.79 Å². The van der Waals surface area contributed by atoms with Gasteiger partial charge in [-0.05, 0) is 12.0 Å². The number of benzene rings is 1. The van der Waals surface area contributed by atoms with Crippen molar-refractivity contribution in [1.82, 2.24) is 0 Å². The van der Waals surface area contributed by atoms with Crippen molar-refractivity contribution in [2.75, 3.05) is 7.11 Å². The molecule has 0 saturated heterocycles. The second kappa shape index (κ2) is 5.51. The minimum absolute atomic E-state index is 0.137. The lowest BCUT2D eigenvalue weighted by atomic mass is 9.98. The number of phenols is 1. The molecule has 0 aliphatic rings. The number of hydrogen-bond acceptors (Lipinski definition) is 3. The number of carbonyl (C=O) groups is 1. The number of hydrogen-bond donors (Lipinski definition) is 2. The van der Waals surface area contributed by atoms with Gasteiger partial charge in [0, 0.05) is 12.7 Å². The van der Waals surface area contributed by atoms with E-state index in [-0.39, 0.29) is 5.75 Å². The third-order valence-electron chi connectivity index (χ3n) is 2.45. The van der Waals surface area contributed by atoms with E-state index in [4.69, 9.17) is 9.84 Å². The van der Waals surface area contributed by atoms with Crippen molar-refractivity contribution < 1.29 is 19.7 Å². The molecule has 1 atom stereocenters. The minimum atomic E-state index is -0.864. The van der Waals surface area contributed by atoms with Crippen LogP contribution >= 0.6 is 0 Å². The number of carboxylic acid groups (broad SMARTS) is 1. The summed E-state index contributed by atoms with van der Waals surface area (Å²) < 4.78 is 4.94. The van der Waals surface area contributed by atoms with Crippen LogP contribution in [0, 0.1) is 5.92 Å². The predicted octanol–water partition coefficient (Wildman–Crippen LogP) is 1.80. The lowest BCUT2D eigenvalue weighted by molar-refractivity contribution is -0.141. The molecule has 2 N–H and O–H groups in total. The van der Waals surface area contributed by atoms with Crippen LogP contribution in [-0.4, -0.2) is 23.3 Å². The summed E-state index contributed by atoms with van der Waals surface area (Å²) in [4.78, 5) is 10.7. The Balaban J connectivity index is 2.88. The Morgan fingerprint density at radius 1 is 1.44 bits per heavy atom. The lowest BCUT2D eigenvalue weighted by Crippen LogP contribution is -2.12. The average Bonchev–Trinajstić information content (AvgIpc) is 2.24. The van der Waals surface area contributed by atoms with E-state index in [1.807, 2.05) is 0 Å². The van der Waals surface area contributed by atoms with Crippen molar-refractivity contribution in [2.24, 2.45) is 5.92 Å². The SMILES string of the molecule is COCc1cccc(CC(C)C(=O)O)c1O. The highest BCUT2D eigenvalue weighted by molar-refractivity contribution is 5.70. The van der Waals surface area contributed by atoms with Crippen molar-refractivity contribution >= 4 is 5.97 Å². The summed E-state index contributed by atoms with van der Waals surface area (Å²) >= 11 is 0. The summed E-state index contributed by atoms with van der Waals surface area (Å²) in [7, 11) is 1.55. The van der Waals surface area contributed by atoms with Crippen LogP contribution in [0.15, 0.2) is 18.2 Å². The van der Waals surface area contributed by atoms with Crippen LogP contribution in [-0.2, 0) is 22.6 Å². The van der Waals surface area contributed by atoms with Gasteiger partial charge in [0.25, 0.3) is 0 Å². The van der Waals surface area contributed by atoms with Crippen molar-refractivity contribution in [3.8, 4) is 5.75 Å². The van der Waals surface area contributed by atoms with Gasteiger partial charge in [-0.15, -0.1) is 0 Å². The van der Waals surface area contributed by atoms with E-state index in [2.05, 4.69) is 0 Å². The molecule has 0 fully saturated rings. The van der Waals surface area contributed by atoms with Crippen LogP contribution in [0.5, 0.6) is 5.75 Å². The van der Waals surface area contributed by atoms with Gasteiger partial charge >= 0.3 is 5.97 Å². The van der Waals surface area contributed by atoms with Crippen molar-refractivity contribution in [3.63, 3.8) is 0 Å². The smallest absolute Gasteiger partial charge is 0.306 e. The summed E-state index contributed by atoms with van der Waals surface area (Å²) in [5, 5.41) is 18.7. The van der Waals surface area contributed by atoms with Gasteiger partial charge in [-0.1, -0.05) is 25.1 Å². The molecule has 1 aromatic carbocycles. The summed E-state index contributed by atoms with van der Waals surface area (Å²) in [6.45, 7) is 1.94. The second-order valence-corrected chi connectivity index (χ2v) is 3.80.